The van der Waals surface area contributed by atoms with Crippen molar-refractivity contribution in [3.8, 4) is 0 Å². The maximum atomic E-state index is 12.5. The highest BCUT2D eigenvalue weighted by atomic mass is 16.3. The van der Waals surface area contributed by atoms with Gasteiger partial charge in [-0.25, -0.2) is 9.78 Å². The molecule has 3 atom stereocenters. The van der Waals surface area contributed by atoms with Crippen LogP contribution in [0.25, 0.3) is 11.0 Å². The van der Waals surface area contributed by atoms with E-state index in [4.69, 9.17) is 0 Å². The summed E-state index contributed by atoms with van der Waals surface area (Å²) in [5.41, 5.74) is 2.69. The molecule has 0 aliphatic heterocycles. The van der Waals surface area contributed by atoms with E-state index in [1.807, 2.05) is 29.0 Å². The monoisotopic (exact) mass is 397 g/mol. The molecule has 1 fully saturated rings. The number of aryl methyl sites for hydroxylation is 3. The first kappa shape index (κ1) is 19.4. The molecule has 4 rings (SSSR count). The van der Waals surface area contributed by atoms with Crippen LogP contribution in [-0.2, 0) is 25.3 Å². The first-order valence-electron chi connectivity index (χ1n) is 10.0. The maximum Gasteiger partial charge on any atom is 0.328 e. The van der Waals surface area contributed by atoms with Crippen LogP contribution in [0.4, 0.5) is 0 Å². The van der Waals surface area contributed by atoms with Gasteiger partial charge in [-0.2, -0.15) is 0 Å². The van der Waals surface area contributed by atoms with Gasteiger partial charge in [-0.05, 0) is 43.4 Å². The van der Waals surface area contributed by atoms with Gasteiger partial charge >= 0.3 is 5.69 Å². The number of carbonyl (C=O) groups is 1. The summed E-state index contributed by atoms with van der Waals surface area (Å²) in [6.07, 6.45) is 8.16. The largest absolute Gasteiger partial charge is 0.389 e. The molecule has 1 amide bonds. The predicted octanol–water partition coefficient (Wildman–Crippen LogP) is 1.28. The quantitative estimate of drug-likeness (QED) is 0.678. The first-order valence-corrected chi connectivity index (χ1v) is 10.0. The van der Waals surface area contributed by atoms with E-state index in [-0.39, 0.29) is 23.7 Å². The number of nitrogens with zero attached hydrogens (tertiary/aromatic N) is 4. The number of aliphatic hydroxyl groups excluding tert-OH is 1. The van der Waals surface area contributed by atoms with Crippen LogP contribution in [0.15, 0.2) is 41.7 Å². The van der Waals surface area contributed by atoms with Crippen molar-refractivity contribution in [3.05, 3.63) is 53.0 Å². The van der Waals surface area contributed by atoms with Crippen molar-refractivity contribution in [2.24, 2.45) is 14.1 Å². The lowest BCUT2D eigenvalue weighted by Gasteiger charge is -2.35. The molecule has 154 valence electrons. The van der Waals surface area contributed by atoms with Gasteiger partial charge < -0.3 is 15.0 Å². The van der Waals surface area contributed by atoms with Crippen LogP contribution in [0.1, 0.15) is 37.3 Å². The second-order valence-electron chi connectivity index (χ2n) is 7.90. The van der Waals surface area contributed by atoms with E-state index in [0.717, 1.165) is 35.9 Å². The number of rotatable bonds is 5. The molecule has 0 bridgehead atoms. The molecule has 1 saturated carbocycles. The van der Waals surface area contributed by atoms with Gasteiger partial charge in [-0.3, -0.25) is 13.9 Å². The Morgan fingerprint density at radius 2 is 2.03 bits per heavy atom. The summed E-state index contributed by atoms with van der Waals surface area (Å²) in [6.45, 7) is 0. The number of nitrogens with one attached hydrogen (secondary N) is 1. The Bertz CT molecular complexity index is 1070. The average molecular weight is 397 g/mol. The van der Waals surface area contributed by atoms with Gasteiger partial charge in [0.15, 0.2) is 0 Å². The van der Waals surface area contributed by atoms with E-state index in [2.05, 4.69) is 10.3 Å². The van der Waals surface area contributed by atoms with E-state index >= 15 is 0 Å². The molecular weight excluding hydrogens is 370 g/mol. The molecule has 2 aromatic heterocycles. The highest BCUT2D eigenvalue weighted by Gasteiger charge is 2.33. The molecule has 0 saturated heterocycles. The van der Waals surface area contributed by atoms with E-state index in [9.17, 15) is 14.7 Å². The van der Waals surface area contributed by atoms with Crippen molar-refractivity contribution in [3.63, 3.8) is 0 Å². The number of hydrogen-bond acceptors (Lipinski definition) is 4. The van der Waals surface area contributed by atoms with Crippen molar-refractivity contribution < 1.29 is 9.90 Å². The third-order valence-electron chi connectivity index (χ3n) is 6.05. The average Bonchev–Trinajstić information content (AvgIpc) is 3.32. The highest BCUT2D eigenvalue weighted by molar-refractivity contribution is 5.78. The molecule has 1 aromatic carbocycles. The summed E-state index contributed by atoms with van der Waals surface area (Å²) < 4.78 is 5.16. The summed E-state index contributed by atoms with van der Waals surface area (Å²) in [7, 11) is 3.51. The lowest BCUT2D eigenvalue weighted by atomic mass is 9.87. The van der Waals surface area contributed by atoms with Gasteiger partial charge in [0, 0.05) is 32.9 Å². The van der Waals surface area contributed by atoms with Crippen molar-refractivity contribution in [1.29, 1.82) is 0 Å². The molecule has 8 heteroatoms. The van der Waals surface area contributed by atoms with Crippen LogP contribution in [0.3, 0.4) is 0 Å². The van der Waals surface area contributed by atoms with Gasteiger partial charge in [-0.15, -0.1) is 0 Å². The topological polar surface area (TPSA) is 94.1 Å². The number of aliphatic hydroxyl groups is 1. The zero-order chi connectivity index (χ0) is 20.5. The molecule has 2 N–H and O–H groups in total. The Balaban J connectivity index is 1.38. The fourth-order valence-electron chi connectivity index (χ4n) is 4.35. The van der Waals surface area contributed by atoms with Crippen molar-refractivity contribution in [1.82, 2.24) is 24.0 Å². The first-order chi connectivity index (χ1) is 14.0. The summed E-state index contributed by atoms with van der Waals surface area (Å²) in [5, 5.41) is 13.7. The number of carbonyl (C=O) groups excluding carboxylic acids is 1. The highest BCUT2D eigenvalue weighted by Crippen LogP contribution is 2.29. The van der Waals surface area contributed by atoms with Gasteiger partial charge in [0.2, 0.25) is 5.91 Å². The molecule has 0 spiro atoms. The van der Waals surface area contributed by atoms with Crippen molar-refractivity contribution in [2.75, 3.05) is 0 Å². The zero-order valence-electron chi connectivity index (χ0n) is 16.8. The number of benzene rings is 1. The molecule has 8 nitrogen and oxygen atoms in total. The number of hydrogen-bond donors (Lipinski definition) is 2. The minimum atomic E-state index is -0.628. The minimum Gasteiger partial charge on any atom is -0.389 e. The van der Waals surface area contributed by atoms with Crippen LogP contribution in [0.5, 0.6) is 0 Å². The van der Waals surface area contributed by atoms with Crippen molar-refractivity contribution >= 4 is 16.9 Å². The normalized spacial score (nSPS) is 22.1. The van der Waals surface area contributed by atoms with Gasteiger partial charge in [-0.1, -0.05) is 6.07 Å². The minimum absolute atomic E-state index is 0.0571. The van der Waals surface area contributed by atoms with E-state index < -0.39 is 6.10 Å². The summed E-state index contributed by atoms with van der Waals surface area (Å²) in [6, 6.07) is 5.54. The Labute approximate surface area is 168 Å². The zero-order valence-corrected chi connectivity index (χ0v) is 16.8. The van der Waals surface area contributed by atoms with Crippen LogP contribution in [-0.4, -0.2) is 41.8 Å². The fourth-order valence-corrected chi connectivity index (χ4v) is 4.35. The molecule has 29 heavy (non-hydrogen) atoms. The summed E-state index contributed by atoms with van der Waals surface area (Å²) in [5.74, 6) is -0.0672. The van der Waals surface area contributed by atoms with Gasteiger partial charge in [0.05, 0.1) is 35.5 Å². The second kappa shape index (κ2) is 7.87. The standard InChI is InChI=1S/C21H27N5O3/c1-24-16-8-6-14(12-18(16)25(2)21(24)29)7-9-19(27)23-15-4-3-5-17(20(15)28)26-11-10-22-13-26/h6,8,10-13,15,17,20,28H,3-5,7,9H2,1-2H3,(H,23,27)/t15-,17-,20-/m1/s1. The summed E-state index contributed by atoms with van der Waals surface area (Å²) >= 11 is 0. The molecule has 2 heterocycles. The Hall–Kier alpha value is -2.87. The fraction of sp³-hybridized carbons (Fsp3) is 0.476. The molecule has 1 aliphatic carbocycles. The number of imidazole rings is 2. The molecule has 0 unspecified atom stereocenters. The molecular formula is C21H27N5O3. The summed E-state index contributed by atoms with van der Waals surface area (Å²) in [4.78, 5) is 28.6. The SMILES string of the molecule is Cn1c(=O)n(C)c2cc(CCC(=O)N[C@@H]3CCC[C@@H](n4ccnc4)[C@@H]3O)ccc21. The second-order valence-corrected chi connectivity index (χ2v) is 7.90. The lowest BCUT2D eigenvalue weighted by Crippen LogP contribution is -2.49. The number of fused-ring (bicyclic) bond motifs is 1. The van der Waals surface area contributed by atoms with Crippen molar-refractivity contribution in [2.45, 2.75) is 50.3 Å². The Morgan fingerprint density at radius 1 is 1.24 bits per heavy atom. The smallest absolute Gasteiger partial charge is 0.328 e. The molecule has 3 aromatic rings. The number of amides is 1. The third kappa shape index (κ3) is 3.72. The molecule has 0 radical (unpaired) electrons. The van der Waals surface area contributed by atoms with E-state index in [1.165, 1.54) is 0 Å². The predicted molar refractivity (Wildman–Crippen MR) is 110 cm³/mol. The lowest BCUT2D eigenvalue weighted by molar-refractivity contribution is -0.123. The van der Waals surface area contributed by atoms with Crippen LogP contribution in [0, 0.1) is 0 Å². The number of aromatic nitrogens is 4. The van der Waals surface area contributed by atoms with Crippen LogP contribution >= 0.6 is 0 Å². The maximum absolute atomic E-state index is 12.5. The van der Waals surface area contributed by atoms with E-state index in [1.54, 1.807) is 35.8 Å². The van der Waals surface area contributed by atoms with Gasteiger partial charge in [0.25, 0.3) is 0 Å². The van der Waals surface area contributed by atoms with Gasteiger partial charge in [0.1, 0.15) is 0 Å². The molecule has 1 aliphatic rings. The third-order valence-corrected chi connectivity index (χ3v) is 6.05. The van der Waals surface area contributed by atoms with Crippen LogP contribution in [0.2, 0.25) is 0 Å². The Kier molecular flexibility index (Phi) is 5.27. The Morgan fingerprint density at radius 3 is 2.79 bits per heavy atom. The van der Waals surface area contributed by atoms with E-state index in [0.29, 0.717) is 12.8 Å². The van der Waals surface area contributed by atoms with Crippen LogP contribution < -0.4 is 11.0 Å².